The first-order valence-corrected chi connectivity index (χ1v) is 12.2. The molecule has 2 aromatic rings. The van der Waals surface area contributed by atoms with E-state index in [2.05, 4.69) is 41.7 Å². The molecule has 3 atom stereocenters. The zero-order chi connectivity index (χ0) is 23.4. The van der Waals surface area contributed by atoms with Gasteiger partial charge in [-0.1, -0.05) is 17.7 Å². The largest absolute Gasteiger partial charge is 0.376 e. The predicted molar refractivity (Wildman–Crippen MR) is 133 cm³/mol. The summed E-state index contributed by atoms with van der Waals surface area (Å²) in [5.74, 6) is 1.77. The number of piperidine rings is 1. The van der Waals surface area contributed by atoms with Gasteiger partial charge in [0.15, 0.2) is 0 Å². The summed E-state index contributed by atoms with van der Waals surface area (Å²) in [7, 11) is 0. The average Bonchev–Trinajstić information content (AvgIpc) is 2.79. The van der Waals surface area contributed by atoms with Crippen molar-refractivity contribution >= 4 is 29.1 Å². The maximum absolute atomic E-state index is 12.7. The van der Waals surface area contributed by atoms with Crippen molar-refractivity contribution in [3.05, 3.63) is 35.5 Å². The summed E-state index contributed by atoms with van der Waals surface area (Å²) in [5, 5.41) is 10.3. The first-order chi connectivity index (χ1) is 15.8. The van der Waals surface area contributed by atoms with Crippen molar-refractivity contribution in [1.82, 2.24) is 15.3 Å². The number of halogens is 1. The van der Waals surface area contributed by atoms with Crippen molar-refractivity contribution < 1.29 is 9.53 Å². The van der Waals surface area contributed by atoms with E-state index in [0.29, 0.717) is 29.3 Å². The van der Waals surface area contributed by atoms with Crippen LogP contribution < -0.4 is 16.0 Å². The second-order valence-electron chi connectivity index (χ2n) is 9.88. The van der Waals surface area contributed by atoms with E-state index in [1.54, 1.807) is 12.3 Å². The minimum absolute atomic E-state index is 0.0158. The van der Waals surface area contributed by atoms with Crippen LogP contribution in [0, 0.1) is 11.8 Å². The Kier molecular flexibility index (Phi) is 7.51. The molecule has 2 aromatic heterocycles. The van der Waals surface area contributed by atoms with Gasteiger partial charge in [-0.05, 0) is 70.6 Å². The van der Waals surface area contributed by atoms with Crippen molar-refractivity contribution in [1.29, 1.82) is 0 Å². The Bertz CT molecular complexity index is 975. The zero-order valence-electron chi connectivity index (χ0n) is 19.7. The fourth-order valence-corrected chi connectivity index (χ4v) is 4.82. The maximum Gasteiger partial charge on any atom is 0.229 e. The number of rotatable bonds is 6. The van der Waals surface area contributed by atoms with Crippen molar-refractivity contribution in [2.24, 2.45) is 11.8 Å². The molecule has 7 nitrogen and oxygen atoms in total. The van der Waals surface area contributed by atoms with Crippen LogP contribution in [0.25, 0.3) is 11.3 Å². The lowest BCUT2D eigenvalue weighted by atomic mass is 9.88. The second-order valence-corrected chi connectivity index (χ2v) is 10.3. The highest BCUT2D eigenvalue weighted by Crippen LogP contribution is 2.31. The summed E-state index contributed by atoms with van der Waals surface area (Å²) in [6, 6.07) is 8.10. The monoisotopic (exact) mass is 471 g/mol. The van der Waals surface area contributed by atoms with Gasteiger partial charge in [0.1, 0.15) is 11.6 Å². The van der Waals surface area contributed by atoms with E-state index in [0.717, 1.165) is 55.9 Å². The molecule has 0 spiro atoms. The van der Waals surface area contributed by atoms with Gasteiger partial charge in [0.2, 0.25) is 5.91 Å². The van der Waals surface area contributed by atoms with Gasteiger partial charge >= 0.3 is 0 Å². The number of carbonyl (C=O) groups excluding carboxylic acids is 1. The number of pyridine rings is 2. The molecule has 0 bridgehead atoms. The van der Waals surface area contributed by atoms with Crippen LogP contribution in [0.5, 0.6) is 0 Å². The number of nitrogens with one attached hydrogen (secondary N) is 3. The number of aromatic nitrogens is 2. The van der Waals surface area contributed by atoms with Crippen LogP contribution in [0.2, 0.25) is 5.02 Å². The highest BCUT2D eigenvalue weighted by Gasteiger charge is 2.28. The molecule has 2 aliphatic heterocycles. The van der Waals surface area contributed by atoms with Gasteiger partial charge in [0.05, 0.1) is 22.2 Å². The molecule has 2 fully saturated rings. The van der Waals surface area contributed by atoms with E-state index >= 15 is 0 Å². The lowest BCUT2D eigenvalue weighted by molar-refractivity contribution is -0.120. The molecule has 1 amide bonds. The van der Waals surface area contributed by atoms with Crippen LogP contribution in [-0.2, 0) is 9.53 Å². The Labute approximate surface area is 201 Å². The predicted octanol–water partition coefficient (Wildman–Crippen LogP) is 4.74. The smallest absolute Gasteiger partial charge is 0.229 e. The summed E-state index contributed by atoms with van der Waals surface area (Å²) in [6.07, 6.45) is 5.51. The van der Waals surface area contributed by atoms with Gasteiger partial charge in [0.25, 0.3) is 0 Å². The topological polar surface area (TPSA) is 88.2 Å². The average molecular weight is 472 g/mol. The van der Waals surface area contributed by atoms with E-state index in [4.69, 9.17) is 21.3 Å². The minimum Gasteiger partial charge on any atom is -0.376 e. The molecule has 4 rings (SSSR count). The standard InChI is InChI=1S/C25H34ClN5O2/c1-16-7-8-18(14-27-16)24(32)31-23-11-19(20(26)15-29-23)21-5-4-6-22(30-21)28-13-17-9-10-33-25(2,3)12-17/h4-6,11,15-18,27H,7-10,12-14H2,1-3H3,(H,28,30)(H,29,31,32)/t16-,17+,18-/m1/s1. The van der Waals surface area contributed by atoms with Crippen LogP contribution >= 0.6 is 11.6 Å². The van der Waals surface area contributed by atoms with Gasteiger partial charge in [-0.3, -0.25) is 4.79 Å². The molecule has 3 N–H and O–H groups in total. The number of amides is 1. The minimum atomic E-state index is -0.0722. The lowest BCUT2D eigenvalue weighted by Crippen LogP contribution is -2.41. The molecule has 0 saturated carbocycles. The molecule has 33 heavy (non-hydrogen) atoms. The fraction of sp³-hybridized carbons (Fsp3) is 0.560. The Morgan fingerprint density at radius 3 is 2.88 bits per heavy atom. The molecule has 2 aliphatic rings. The van der Waals surface area contributed by atoms with Gasteiger partial charge in [0, 0.05) is 37.5 Å². The highest BCUT2D eigenvalue weighted by molar-refractivity contribution is 6.33. The van der Waals surface area contributed by atoms with Gasteiger partial charge in [-0.15, -0.1) is 0 Å². The quantitative estimate of drug-likeness (QED) is 0.564. The Morgan fingerprint density at radius 1 is 1.27 bits per heavy atom. The third-order valence-electron chi connectivity index (χ3n) is 6.53. The van der Waals surface area contributed by atoms with E-state index in [9.17, 15) is 4.79 Å². The number of anilines is 2. The molecule has 2 saturated heterocycles. The van der Waals surface area contributed by atoms with Crippen LogP contribution in [0.15, 0.2) is 30.5 Å². The normalized spacial score (nSPS) is 24.8. The molecule has 178 valence electrons. The zero-order valence-corrected chi connectivity index (χ0v) is 20.4. The summed E-state index contributed by atoms with van der Waals surface area (Å²) in [4.78, 5) is 21.8. The number of ether oxygens (including phenoxy) is 1. The molecular formula is C25H34ClN5O2. The molecular weight excluding hydrogens is 438 g/mol. The van der Waals surface area contributed by atoms with Crippen molar-refractivity contribution in [3.63, 3.8) is 0 Å². The first kappa shape index (κ1) is 23.9. The summed E-state index contributed by atoms with van der Waals surface area (Å²) in [6.45, 7) is 8.76. The van der Waals surface area contributed by atoms with E-state index in [1.165, 1.54) is 0 Å². The molecule has 8 heteroatoms. The summed E-state index contributed by atoms with van der Waals surface area (Å²) >= 11 is 6.46. The first-order valence-electron chi connectivity index (χ1n) is 11.8. The number of hydrogen-bond acceptors (Lipinski definition) is 6. The second kappa shape index (κ2) is 10.4. The lowest BCUT2D eigenvalue weighted by Gasteiger charge is -2.35. The van der Waals surface area contributed by atoms with Crippen molar-refractivity contribution in [3.8, 4) is 11.3 Å². The van der Waals surface area contributed by atoms with Crippen molar-refractivity contribution in [2.75, 3.05) is 30.3 Å². The number of hydrogen-bond donors (Lipinski definition) is 3. The highest BCUT2D eigenvalue weighted by atomic mass is 35.5. The number of nitrogens with zero attached hydrogens (tertiary/aromatic N) is 2. The SMILES string of the molecule is C[C@@H]1CC[C@@H](C(=O)Nc2cc(-c3cccc(NC[C@H]4CCOC(C)(C)C4)n3)c(Cl)cn2)CN1. The molecule has 0 aromatic carbocycles. The summed E-state index contributed by atoms with van der Waals surface area (Å²) in [5.41, 5.74) is 1.41. The van der Waals surface area contributed by atoms with Crippen LogP contribution in [0.3, 0.4) is 0 Å². The molecule has 0 radical (unpaired) electrons. The fourth-order valence-electron chi connectivity index (χ4n) is 4.62. The Hall–Kier alpha value is -2.22. The Balaban J connectivity index is 1.42. The maximum atomic E-state index is 12.7. The van der Waals surface area contributed by atoms with Crippen LogP contribution in [0.4, 0.5) is 11.6 Å². The van der Waals surface area contributed by atoms with Gasteiger partial charge < -0.3 is 20.7 Å². The van der Waals surface area contributed by atoms with Crippen molar-refractivity contribution in [2.45, 2.75) is 58.1 Å². The van der Waals surface area contributed by atoms with E-state index in [1.807, 2.05) is 18.2 Å². The summed E-state index contributed by atoms with van der Waals surface area (Å²) < 4.78 is 5.82. The third-order valence-corrected chi connectivity index (χ3v) is 6.84. The third kappa shape index (κ3) is 6.43. The van der Waals surface area contributed by atoms with Gasteiger partial charge in [-0.2, -0.15) is 0 Å². The molecule has 0 aliphatic carbocycles. The van der Waals surface area contributed by atoms with E-state index < -0.39 is 0 Å². The Morgan fingerprint density at radius 2 is 2.12 bits per heavy atom. The van der Waals surface area contributed by atoms with Gasteiger partial charge in [-0.25, -0.2) is 9.97 Å². The number of carbonyl (C=O) groups is 1. The van der Waals surface area contributed by atoms with Crippen LogP contribution in [-0.4, -0.2) is 47.2 Å². The van der Waals surface area contributed by atoms with E-state index in [-0.39, 0.29) is 17.4 Å². The van der Waals surface area contributed by atoms with Crippen LogP contribution in [0.1, 0.15) is 46.5 Å². The molecule has 0 unspecified atom stereocenters. The molecule has 4 heterocycles.